The fourth-order valence-electron chi connectivity index (χ4n) is 1.64. The summed E-state index contributed by atoms with van der Waals surface area (Å²) in [4.78, 5) is 11.5. The SMILES string of the molecule is C=CCS(=O)(=O)N(CC(=O)OCC)Cc1ccccc1. The average molecular weight is 297 g/mol. The number of hydrogen-bond donors (Lipinski definition) is 0. The molecule has 0 radical (unpaired) electrons. The van der Waals surface area contributed by atoms with Gasteiger partial charge in [-0.05, 0) is 12.5 Å². The molecule has 0 N–H and O–H groups in total. The molecule has 0 heterocycles. The van der Waals surface area contributed by atoms with Crippen LogP contribution in [0.5, 0.6) is 0 Å². The standard InChI is InChI=1S/C14H19NO4S/c1-3-10-20(17,18)15(12-14(16)19-4-2)11-13-8-6-5-7-9-13/h3,5-9H,1,4,10-12H2,2H3. The Morgan fingerprint density at radius 3 is 2.55 bits per heavy atom. The Bertz CT molecular complexity index is 540. The highest BCUT2D eigenvalue weighted by Gasteiger charge is 2.24. The number of carbonyl (C=O) groups excluding carboxylic acids is 1. The van der Waals surface area contributed by atoms with Gasteiger partial charge in [-0.3, -0.25) is 4.79 Å². The molecular weight excluding hydrogens is 278 g/mol. The molecule has 0 amide bonds. The largest absolute Gasteiger partial charge is 0.465 e. The van der Waals surface area contributed by atoms with E-state index in [1.165, 1.54) is 6.08 Å². The molecule has 0 aliphatic carbocycles. The highest BCUT2D eigenvalue weighted by Crippen LogP contribution is 2.10. The zero-order valence-electron chi connectivity index (χ0n) is 11.5. The first kappa shape index (κ1) is 16.4. The van der Waals surface area contributed by atoms with Crippen LogP contribution < -0.4 is 0 Å². The summed E-state index contributed by atoms with van der Waals surface area (Å²) in [5, 5.41) is 0. The maximum absolute atomic E-state index is 12.1. The minimum Gasteiger partial charge on any atom is -0.465 e. The summed E-state index contributed by atoms with van der Waals surface area (Å²) in [5.41, 5.74) is 0.810. The smallest absolute Gasteiger partial charge is 0.321 e. The average Bonchev–Trinajstić information content (AvgIpc) is 2.39. The number of nitrogens with zero attached hydrogens (tertiary/aromatic N) is 1. The van der Waals surface area contributed by atoms with Crippen LogP contribution >= 0.6 is 0 Å². The van der Waals surface area contributed by atoms with Crippen molar-refractivity contribution >= 4 is 16.0 Å². The molecule has 0 aromatic heterocycles. The topological polar surface area (TPSA) is 63.7 Å². The molecule has 0 bridgehead atoms. The summed E-state index contributed by atoms with van der Waals surface area (Å²) >= 11 is 0. The van der Waals surface area contributed by atoms with Crippen LogP contribution in [-0.2, 0) is 26.1 Å². The molecule has 1 aromatic rings. The highest BCUT2D eigenvalue weighted by molar-refractivity contribution is 7.89. The zero-order valence-corrected chi connectivity index (χ0v) is 12.3. The van der Waals surface area contributed by atoms with Gasteiger partial charge in [-0.2, -0.15) is 4.31 Å². The highest BCUT2D eigenvalue weighted by atomic mass is 32.2. The second-order valence-electron chi connectivity index (χ2n) is 4.13. The lowest BCUT2D eigenvalue weighted by molar-refractivity contribution is -0.143. The van der Waals surface area contributed by atoms with Crippen LogP contribution in [0, 0.1) is 0 Å². The van der Waals surface area contributed by atoms with Gasteiger partial charge in [0.15, 0.2) is 0 Å². The van der Waals surface area contributed by atoms with Crippen molar-refractivity contribution in [3.05, 3.63) is 48.6 Å². The quantitative estimate of drug-likeness (QED) is 0.540. The number of benzene rings is 1. The normalized spacial score (nSPS) is 11.3. The van der Waals surface area contributed by atoms with Crippen molar-refractivity contribution in [2.45, 2.75) is 13.5 Å². The van der Waals surface area contributed by atoms with Crippen LogP contribution in [-0.4, -0.2) is 37.6 Å². The van der Waals surface area contributed by atoms with E-state index in [4.69, 9.17) is 4.74 Å². The maximum Gasteiger partial charge on any atom is 0.321 e. The molecule has 0 fully saturated rings. The number of hydrogen-bond acceptors (Lipinski definition) is 4. The van der Waals surface area contributed by atoms with Crippen LogP contribution in [0.4, 0.5) is 0 Å². The van der Waals surface area contributed by atoms with Crippen molar-refractivity contribution in [1.29, 1.82) is 0 Å². The second-order valence-corrected chi connectivity index (χ2v) is 6.14. The Kier molecular flexibility index (Phi) is 6.41. The Morgan fingerprint density at radius 2 is 2.00 bits per heavy atom. The number of ether oxygens (including phenoxy) is 1. The molecule has 0 saturated heterocycles. The molecule has 0 aliphatic heterocycles. The monoisotopic (exact) mass is 297 g/mol. The summed E-state index contributed by atoms with van der Waals surface area (Å²) in [7, 11) is -3.57. The molecule has 1 aromatic carbocycles. The van der Waals surface area contributed by atoms with Crippen LogP contribution in [0.1, 0.15) is 12.5 Å². The first-order valence-corrected chi connectivity index (χ1v) is 7.88. The molecule has 20 heavy (non-hydrogen) atoms. The first-order chi connectivity index (χ1) is 9.49. The van der Waals surface area contributed by atoms with Crippen LogP contribution in [0.2, 0.25) is 0 Å². The Labute approximate surface area is 119 Å². The number of rotatable bonds is 8. The molecule has 6 heteroatoms. The number of carbonyl (C=O) groups is 1. The lowest BCUT2D eigenvalue weighted by Gasteiger charge is -2.20. The Morgan fingerprint density at radius 1 is 1.35 bits per heavy atom. The Balaban J connectivity index is 2.89. The lowest BCUT2D eigenvalue weighted by atomic mass is 10.2. The summed E-state index contributed by atoms with van der Waals surface area (Å²) in [6, 6.07) is 9.09. The minimum atomic E-state index is -3.57. The fraction of sp³-hybridized carbons (Fsp3) is 0.357. The van der Waals surface area contributed by atoms with Crippen LogP contribution in [0.15, 0.2) is 43.0 Å². The number of sulfonamides is 1. The molecular formula is C14H19NO4S. The molecule has 0 spiro atoms. The van der Waals surface area contributed by atoms with Gasteiger partial charge >= 0.3 is 5.97 Å². The third-order valence-electron chi connectivity index (χ3n) is 2.53. The van der Waals surface area contributed by atoms with Crippen molar-refractivity contribution in [3.63, 3.8) is 0 Å². The molecule has 0 atom stereocenters. The predicted octanol–water partition coefficient (Wildman–Crippen LogP) is 1.57. The minimum absolute atomic E-state index is 0.135. The van der Waals surface area contributed by atoms with E-state index in [1.54, 1.807) is 6.92 Å². The van der Waals surface area contributed by atoms with E-state index in [-0.39, 0.29) is 25.4 Å². The zero-order chi connectivity index (χ0) is 15.0. The van der Waals surface area contributed by atoms with Gasteiger partial charge in [0.25, 0.3) is 0 Å². The molecule has 110 valence electrons. The molecule has 5 nitrogen and oxygen atoms in total. The van der Waals surface area contributed by atoms with Gasteiger partial charge in [0.05, 0.1) is 12.4 Å². The molecule has 0 unspecified atom stereocenters. The van der Waals surface area contributed by atoms with E-state index in [0.29, 0.717) is 0 Å². The van der Waals surface area contributed by atoms with Crippen molar-refractivity contribution in [1.82, 2.24) is 4.31 Å². The van der Waals surface area contributed by atoms with Crippen molar-refractivity contribution < 1.29 is 17.9 Å². The van der Waals surface area contributed by atoms with E-state index in [1.807, 2.05) is 30.3 Å². The molecule has 0 aliphatic rings. The molecule has 0 saturated carbocycles. The van der Waals surface area contributed by atoms with E-state index in [0.717, 1.165) is 9.87 Å². The summed E-state index contributed by atoms with van der Waals surface area (Å²) in [5.74, 6) is -0.768. The summed E-state index contributed by atoms with van der Waals surface area (Å²) in [6.45, 7) is 5.17. The summed E-state index contributed by atoms with van der Waals surface area (Å²) < 4.78 is 30.2. The fourth-order valence-corrected chi connectivity index (χ4v) is 2.80. The van der Waals surface area contributed by atoms with Gasteiger partial charge in [-0.25, -0.2) is 8.42 Å². The van der Waals surface area contributed by atoms with Gasteiger partial charge in [0.2, 0.25) is 10.0 Å². The number of esters is 1. The van der Waals surface area contributed by atoms with Gasteiger partial charge < -0.3 is 4.74 Å². The van der Waals surface area contributed by atoms with E-state index < -0.39 is 16.0 Å². The first-order valence-electron chi connectivity index (χ1n) is 6.28. The maximum atomic E-state index is 12.1. The van der Waals surface area contributed by atoms with E-state index >= 15 is 0 Å². The van der Waals surface area contributed by atoms with Gasteiger partial charge in [-0.1, -0.05) is 36.4 Å². The van der Waals surface area contributed by atoms with Gasteiger partial charge in [-0.15, -0.1) is 6.58 Å². The lowest BCUT2D eigenvalue weighted by Crippen LogP contribution is -2.37. The third-order valence-corrected chi connectivity index (χ3v) is 4.24. The van der Waals surface area contributed by atoms with Crippen molar-refractivity contribution in [2.24, 2.45) is 0 Å². The van der Waals surface area contributed by atoms with Crippen LogP contribution in [0.25, 0.3) is 0 Å². The van der Waals surface area contributed by atoms with Gasteiger partial charge in [0, 0.05) is 6.54 Å². The second kappa shape index (κ2) is 7.81. The van der Waals surface area contributed by atoms with Crippen molar-refractivity contribution in [3.8, 4) is 0 Å². The van der Waals surface area contributed by atoms with Gasteiger partial charge in [0.1, 0.15) is 6.54 Å². The van der Waals surface area contributed by atoms with Crippen LogP contribution in [0.3, 0.4) is 0 Å². The van der Waals surface area contributed by atoms with E-state index in [2.05, 4.69) is 6.58 Å². The van der Waals surface area contributed by atoms with Crippen molar-refractivity contribution in [2.75, 3.05) is 18.9 Å². The molecule has 1 rings (SSSR count). The summed E-state index contributed by atoms with van der Waals surface area (Å²) in [6.07, 6.45) is 1.30. The third kappa shape index (κ3) is 5.14. The van der Waals surface area contributed by atoms with E-state index in [9.17, 15) is 13.2 Å². The predicted molar refractivity (Wildman–Crippen MR) is 77.5 cm³/mol. The Hall–Kier alpha value is -1.66.